The first-order chi connectivity index (χ1) is 10.0. The summed E-state index contributed by atoms with van der Waals surface area (Å²) >= 11 is 0. The smallest absolute Gasteiger partial charge is 0.119 e. The van der Waals surface area contributed by atoms with Gasteiger partial charge in [-0.2, -0.15) is 0 Å². The van der Waals surface area contributed by atoms with Gasteiger partial charge in [-0.05, 0) is 47.2 Å². The molecule has 21 heavy (non-hydrogen) atoms. The fourth-order valence-electron chi connectivity index (χ4n) is 2.51. The van der Waals surface area contributed by atoms with Crippen molar-refractivity contribution in [2.45, 2.75) is 39.5 Å². The highest BCUT2D eigenvalue weighted by atomic mass is 16.5. The first kappa shape index (κ1) is 15.4. The monoisotopic (exact) mass is 283 g/mol. The van der Waals surface area contributed by atoms with Gasteiger partial charge in [-0.3, -0.25) is 0 Å². The third kappa shape index (κ3) is 3.57. The van der Waals surface area contributed by atoms with Crippen molar-refractivity contribution in [2.75, 3.05) is 12.4 Å². The molecule has 2 aromatic carbocycles. The van der Waals surface area contributed by atoms with Gasteiger partial charge >= 0.3 is 0 Å². The fraction of sp³-hybridized carbons (Fsp3) is 0.368. The van der Waals surface area contributed by atoms with E-state index in [-0.39, 0.29) is 0 Å². The normalized spacial score (nSPS) is 11.0. The van der Waals surface area contributed by atoms with Gasteiger partial charge in [-0.25, -0.2) is 0 Å². The lowest BCUT2D eigenvalue weighted by molar-refractivity contribution is 0.415. The number of ether oxygens (including phenoxy) is 1. The van der Waals surface area contributed by atoms with Crippen LogP contribution in [0.25, 0.3) is 0 Å². The standard InChI is InChI=1S/C19H25NO/c1-13(2)17-7-6-8-18(14(3)4)19(17)20-15-9-11-16(21-5)12-10-15/h6-14,20H,1-5H3. The van der Waals surface area contributed by atoms with Crippen molar-refractivity contribution in [1.29, 1.82) is 0 Å². The molecule has 0 aliphatic carbocycles. The molecule has 112 valence electrons. The molecule has 0 fully saturated rings. The Hall–Kier alpha value is -1.96. The maximum Gasteiger partial charge on any atom is 0.119 e. The van der Waals surface area contributed by atoms with Crippen LogP contribution in [-0.2, 0) is 0 Å². The van der Waals surface area contributed by atoms with Gasteiger partial charge in [-0.15, -0.1) is 0 Å². The largest absolute Gasteiger partial charge is 0.497 e. The molecule has 0 saturated carbocycles. The second-order valence-electron chi connectivity index (χ2n) is 5.97. The molecule has 0 aliphatic rings. The molecule has 1 N–H and O–H groups in total. The first-order valence-electron chi connectivity index (χ1n) is 7.56. The Morgan fingerprint density at radius 2 is 1.33 bits per heavy atom. The maximum absolute atomic E-state index is 5.22. The van der Waals surface area contributed by atoms with E-state index in [1.165, 1.54) is 16.8 Å². The van der Waals surface area contributed by atoms with Gasteiger partial charge in [0.05, 0.1) is 7.11 Å². The number of para-hydroxylation sites is 1. The van der Waals surface area contributed by atoms with E-state index in [1.807, 2.05) is 12.1 Å². The molecule has 0 spiro atoms. The molecule has 0 atom stereocenters. The summed E-state index contributed by atoms with van der Waals surface area (Å²) in [5, 5.41) is 3.60. The first-order valence-corrected chi connectivity index (χ1v) is 7.56. The minimum atomic E-state index is 0.490. The third-order valence-electron chi connectivity index (χ3n) is 3.73. The summed E-state index contributed by atoms with van der Waals surface area (Å²) in [4.78, 5) is 0. The average Bonchev–Trinajstić information content (AvgIpc) is 2.47. The van der Waals surface area contributed by atoms with E-state index >= 15 is 0 Å². The Morgan fingerprint density at radius 1 is 0.810 bits per heavy atom. The van der Waals surface area contributed by atoms with E-state index in [9.17, 15) is 0 Å². The molecule has 2 aromatic rings. The van der Waals surface area contributed by atoms with Crippen molar-refractivity contribution in [3.8, 4) is 5.75 Å². The van der Waals surface area contributed by atoms with E-state index in [1.54, 1.807) is 7.11 Å². The van der Waals surface area contributed by atoms with E-state index in [0.29, 0.717) is 11.8 Å². The van der Waals surface area contributed by atoms with E-state index < -0.39 is 0 Å². The highest BCUT2D eigenvalue weighted by Crippen LogP contribution is 2.34. The molecule has 0 bridgehead atoms. The zero-order chi connectivity index (χ0) is 15.4. The van der Waals surface area contributed by atoms with Gasteiger partial charge in [0.1, 0.15) is 5.75 Å². The summed E-state index contributed by atoms with van der Waals surface area (Å²) in [5.74, 6) is 1.86. The van der Waals surface area contributed by atoms with E-state index in [2.05, 4.69) is 63.3 Å². The van der Waals surface area contributed by atoms with Crippen LogP contribution in [0.15, 0.2) is 42.5 Å². The second-order valence-corrected chi connectivity index (χ2v) is 5.97. The van der Waals surface area contributed by atoms with Crippen LogP contribution in [0, 0.1) is 0 Å². The summed E-state index contributed by atoms with van der Waals surface area (Å²) in [7, 11) is 1.69. The van der Waals surface area contributed by atoms with Crippen molar-refractivity contribution >= 4 is 11.4 Å². The van der Waals surface area contributed by atoms with Crippen LogP contribution in [0.4, 0.5) is 11.4 Å². The number of benzene rings is 2. The highest BCUT2D eigenvalue weighted by molar-refractivity contribution is 5.68. The van der Waals surface area contributed by atoms with E-state index in [0.717, 1.165) is 11.4 Å². The molecule has 0 radical (unpaired) electrons. The summed E-state index contributed by atoms with van der Waals surface area (Å²) in [6.07, 6.45) is 0. The molecule has 0 aliphatic heterocycles. The van der Waals surface area contributed by atoms with Crippen LogP contribution in [0.2, 0.25) is 0 Å². The Morgan fingerprint density at radius 3 is 1.76 bits per heavy atom. The summed E-state index contributed by atoms with van der Waals surface area (Å²) < 4.78 is 5.22. The van der Waals surface area contributed by atoms with Crippen LogP contribution >= 0.6 is 0 Å². The fourth-order valence-corrected chi connectivity index (χ4v) is 2.51. The predicted molar refractivity (Wildman–Crippen MR) is 90.9 cm³/mol. The Kier molecular flexibility index (Phi) is 4.89. The minimum Gasteiger partial charge on any atom is -0.497 e. The number of anilines is 2. The van der Waals surface area contributed by atoms with Crippen LogP contribution in [-0.4, -0.2) is 7.11 Å². The van der Waals surface area contributed by atoms with Crippen molar-refractivity contribution in [2.24, 2.45) is 0 Å². The van der Waals surface area contributed by atoms with Gasteiger partial charge in [0.25, 0.3) is 0 Å². The van der Waals surface area contributed by atoms with Gasteiger partial charge in [0.2, 0.25) is 0 Å². The second kappa shape index (κ2) is 6.66. The molecule has 2 heteroatoms. The zero-order valence-electron chi connectivity index (χ0n) is 13.6. The summed E-state index contributed by atoms with van der Waals surface area (Å²) in [6, 6.07) is 14.7. The lowest BCUT2D eigenvalue weighted by Gasteiger charge is -2.21. The minimum absolute atomic E-state index is 0.490. The molecule has 0 aromatic heterocycles. The molecule has 2 rings (SSSR count). The lowest BCUT2D eigenvalue weighted by Crippen LogP contribution is -2.03. The number of nitrogens with one attached hydrogen (secondary N) is 1. The Bertz CT molecular complexity index is 559. The number of methoxy groups -OCH3 is 1. The molecule has 0 amide bonds. The topological polar surface area (TPSA) is 21.3 Å². The van der Waals surface area contributed by atoms with Crippen LogP contribution < -0.4 is 10.1 Å². The molecular formula is C19H25NO. The van der Waals surface area contributed by atoms with E-state index in [4.69, 9.17) is 4.74 Å². The van der Waals surface area contributed by atoms with Crippen molar-refractivity contribution < 1.29 is 4.74 Å². The van der Waals surface area contributed by atoms with Gasteiger partial charge < -0.3 is 10.1 Å². The summed E-state index contributed by atoms with van der Waals surface area (Å²) in [5.41, 5.74) is 5.05. The molecule has 0 heterocycles. The third-order valence-corrected chi connectivity index (χ3v) is 3.73. The highest BCUT2D eigenvalue weighted by Gasteiger charge is 2.13. The van der Waals surface area contributed by atoms with Gasteiger partial charge in [-0.1, -0.05) is 45.9 Å². The SMILES string of the molecule is COc1ccc(Nc2c(C(C)C)cccc2C(C)C)cc1. The number of hydrogen-bond acceptors (Lipinski definition) is 2. The molecular weight excluding hydrogens is 258 g/mol. The Balaban J connectivity index is 2.40. The van der Waals surface area contributed by atoms with Gasteiger partial charge in [0, 0.05) is 11.4 Å². The van der Waals surface area contributed by atoms with Crippen LogP contribution in [0.5, 0.6) is 5.75 Å². The summed E-state index contributed by atoms with van der Waals surface area (Å²) in [6.45, 7) is 8.94. The molecule has 2 nitrogen and oxygen atoms in total. The van der Waals surface area contributed by atoms with Crippen molar-refractivity contribution in [3.63, 3.8) is 0 Å². The van der Waals surface area contributed by atoms with Crippen molar-refractivity contribution in [3.05, 3.63) is 53.6 Å². The predicted octanol–water partition coefficient (Wildman–Crippen LogP) is 5.69. The number of hydrogen-bond donors (Lipinski definition) is 1. The Labute approximate surface area is 128 Å². The quantitative estimate of drug-likeness (QED) is 0.761. The molecule has 0 unspecified atom stereocenters. The lowest BCUT2D eigenvalue weighted by atomic mass is 9.92. The van der Waals surface area contributed by atoms with Crippen LogP contribution in [0.1, 0.15) is 50.7 Å². The molecule has 0 saturated heterocycles. The maximum atomic E-state index is 5.22. The van der Waals surface area contributed by atoms with Crippen molar-refractivity contribution in [1.82, 2.24) is 0 Å². The number of rotatable bonds is 5. The average molecular weight is 283 g/mol. The van der Waals surface area contributed by atoms with Crippen LogP contribution in [0.3, 0.4) is 0 Å². The zero-order valence-corrected chi connectivity index (χ0v) is 13.6. The van der Waals surface area contributed by atoms with Gasteiger partial charge in [0.15, 0.2) is 0 Å².